The Bertz CT molecular complexity index is 936. The lowest BCUT2D eigenvalue weighted by molar-refractivity contribution is -0.131. The summed E-state index contributed by atoms with van der Waals surface area (Å²) in [4.78, 5) is 27.8. The first-order valence-corrected chi connectivity index (χ1v) is 11.5. The van der Waals surface area contributed by atoms with Crippen molar-refractivity contribution in [2.24, 2.45) is 0 Å². The molecule has 31 heavy (non-hydrogen) atoms. The number of amides is 2. The summed E-state index contributed by atoms with van der Waals surface area (Å²) in [6, 6.07) is 14.0. The van der Waals surface area contributed by atoms with Crippen LogP contribution in [0.1, 0.15) is 41.6 Å². The summed E-state index contributed by atoms with van der Waals surface area (Å²) in [6.07, 6.45) is 2.59. The molecule has 2 aliphatic rings. The van der Waals surface area contributed by atoms with Gasteiger partial charge in [0.2, 0.25) is 5.91 Å². The molecule has 2 heterocycles. The zero-order chi connectivity index (χ0) is 21.8. The Morgan fingerprint density at radius 3 is 2.32 bits per heavy atom. The van der Waals surface area contributed by atoms with Gasteiger partial charge in [-0.25, -0.2) is 4.39 Å². The molecule has 0 aliphatic carbocycles. The Labute approximate surface area is 190 Å². The minimum Gasteiger partial charge on any atom is -0.381 e. The van der Waals surface area contributed by atoms with Crippen LogP contribution < -0.4 is 5.32 Å². The van der Waals surface area contributed by atoms with Gasteiger partial charge in [0.05, 0.1) is 11.0 Å². The number of hydrogen-bond acceptors (Lipinski definition) is 3. The molecule has 2 aromatic carbocycles. The van der Waals surface area contributed by atoms with Crippen LogP contribution in [0.5, 0.6) is 0 Å². The molecule has 2 fully saturated rings. The van der Waals surface area contributed by atoms with E-state index in [0.717, 1.165) is 10.0 Å². The molecule has 0 radical (unpaired) electrons. The number of carbonyl (C=O) groups is 2. The maximum absolute atomic E-state index is 14.0. The van der Waals surface area contributed by atoms with Gasteiger partial charge >= 0.3 is 0 Å². The van der Waals surface area contributed by atoms with Crippen LogP contribution in [0.15, 0.2) is 53.0 Å². The minimum absolute atomic E-state index is 0.00709. The minimum atomic E-state index is -0.598. The summed E-state index contributed by atoms with van der Waals surface area (Å²) in [5, 5.41) is 3.23. The third-order valence-electron chi connectivity index (χ3n) is 6.40. The third kappa shape index (κ3) is 4.67. The summed E-state index contributed by atoms with van der Waals surface area (Å²) in [7, 11) is 0. The van der Waals surface area contributed by atoms with Gasteiger partial charge in [-0.1, -0.05) is 40.2 Å². The molecular weight excluding hydrogens is 463 g/mol. The molecule has 0 saturated carbocycles. The van der Waals surface area contributed by atoms with Crippen molar-refractivity contribution in [1.82, 2.24) is 10.2 Å². The highest BCUT2D eigenvalue weighted by atomic mass is 79.9. The zero-order valence-electron chi connectivity index (χ0n) is 17.3. The van der Waals surface area contributed by atoms with E-state index < -0.39 is 11.2 Å². The molecular formula is C24H26BrFN2O3. The van der Waals surface area contributed by atoms with Gasteiger partial charge in [-0.05, 0) is 55.5 Å². The molecule has 5 nitrogen and oxygen atoms in total. The molecule has 0 bridgehead atoms. The number of likely N-dealkylation sites (tertiary alicyclic amines) is 1. The molecule has 1 N–H and O–H groups in total. The Hall–Kier alpha value is -2.25. The lowest BCUT2D eigenvalue weighted by Gasteiger charge is -2.39. The number of piperidine rings is 1. The van der Waals surface area contributed by atoms with Crippen molar-refractivity contribution in [3.63, 3.8) is 0 Å². The van der Waals surface area contributed by atoms with Crippen molar-refractivity contribution in [3.05, 3.63) is 69.9 Å². The molecule has 2 saturated heterocycles. The van der Waals surface area contributed by atoms with Gasteiger partial charge in [0.1, 0.15) is 5.82 Å². The highest BCUT2D eigenvalue weighted by molar-refractivity contribution is 9.10. The van der Waals surface area contributed by atoms with Crippen LogP contribution in [0.2, 0.25) is 0 Å². The summed E-state index contributed by atoms with van der Waals surface area (Å²) in [5.41, 5.74) is 0.504. The quantitative estimate of drug-likeness (QED) is 0.705. The number of hydrogen-bond donors (Lipinski definition) is 1. The fourth-order valence-corrected chi connectivity index (χ4v) is 4.76. The second kappa shape index (κ2) is 9.49. The van der Waals surface area contributed by atoms with E-state index >= 15 is 0 Å². The highest BCUT2D eigenvalue weighted by Crippen LogP contribution is 2.36. The van der Waals surface area contributed by atoms with E-state index in [-0.39, 0.29) is 23.4 Å². The lowest BCUT2D eigenvalue weighted by Crippen LogP contribution is -2.53. The van der Waals surface area contributed by atoms with Crippen LogP contribution in [0.25, 0.3) is 0 Å². The van der Waals surface area contributed by atoms with Crippen molar-refractivity contribution < 1.29 is 18.7 Å². The molecule has 0 atom stereocenters. The van der Waals surface area contributed by atoms with E-state index in [4.69, 9.17) is 4.74 Å². The molecule has 7 heteroatoms. The summed E-state index contributed by atoms with van der Waals surface area (Å²) < 4.78 is 20.5. The Balaban J connectivity index is 1.41. The van der Waals surface area contributed by atoms with Crippen molar-refractivity contribution >= 4 is 27.7 Å². The number of carbonyl (C=O) groups excluding carboxylic acids is 2. The van der Waals surface area contributed by atoms with Crippen molar-refractivity contribution in [1.29, 1.82) is 0 Å². The maximum atomic E-state index is 14.0. The third-order valence-corrected chi connectivity index (χ3v) is 6.93. The van der Waals surface area contributed by atoms with Crippen LogP contribution >= 0.6 is 15.9 Å². The van der Waals surface area contributed by atoms with E-state index in [1.165, 1.54) is 12.1 Å². The van der Waals surface area contributed by atoms with Crippen LogP contribution in [-0.4, -0.2) is 49.1 Å². The standard InChI is InChI=1S/C24H26BrFN2O3/c25-18-7-5-17(6-8-18)24(11-15-31-16-12-24)23(30)27-19-9-13-28(14-10-19)22(29)20-3-1-2-4-21(20)26/h1-8,19H,9-16H2,(H,27,30). The first-order chi connectivity index (χ1) is 15.0. The summed E-state index contributed by atoms with van der Waals surface area (Å²) >= 11 is 3.46. The van der Waals surface area contributed by atoms with Crippen molar-refractivity contribution in [2.45, 2.75) is 37.1 Å². The number of nitrogens with one attached hydrogen (secondary N) is 1. The molecule has 0 unspecified atom stereocenters. The average molecular weight is 489 g/mol. The molecule has 2 aliphatic heterocycles. The SMILES string of the molecule is O=C(c1ccccc1F)N1CCC(NC(=O)C2(c3ccc(Br)cc3)CCOCC2)CC1. The predicted octanol–water partition coefficient (Wildman–Crippen LogP) is 4.06. The normalized spacial score (nSPS) is 19.1. The predicted molar refractivity (Wildman–Crippen MR) is 119 cm³/mol. The number of halogens is 2. The van der Waals surface area contributed by atoms with E-state index in [1.54, 1.807) is 17.0 Å². The van der Waals surface area contributed by atoms with Gasteiger partial charge in [-0.15, -0.1) is 0 Å². The Morgan fingerprint density at radius 2 is 1.68 bits per heavy atom. The Kier molecular flexibility index (Phi) is 6.72. The fourth-order valence-electron chi connectivity index (χ4n) is 4.49. The molecule has 2 amide bonds. The van der Waals surface area contributed by atoms with Crippen LogP contribution in [0.4, 0.5) is 4.39 Å². The van der Waals surface area contributed by atoms with Crippen molar-refractivity contribution in [2.75, 3.05) is 26.3 Å². The van der Waals surface area contributed by atoms with Crippen LogP contribution in [0, 0.1) is 5.82 Å². The average Bonchev–Trinajstić information content (AvgIpc) is 2.80. The van der Waals surface area contributed by atoms with Gasteiger partial charge in [-0.2, -0.15) is 0 Å². The lowest BCUT2D eigenvalue weighted by atomic mass is 9.73. The number of rotatable bonds is 4. The molecule has 0 spiro atoms. The maximum Gasteiger partial charge on any atom is 0.256 e. The molecule has 4 rings (SSSR count). The van der Waals surface area contributed by atoms with Gasteiger partial charge in [0, 0.05) is 36.8 Å². The van der Waals surface area contributed by atoms with Crippen LogP contribution in [-0.2, 0) is 14.9 Å². The number of nitrogens with zero attached hydrogens (tertiary/aromatic N) is 1. The summed E-state index contributed by atoms with van der Waals surface area (Å²) in [5.74, 6) is -0.769. The van der Waals surface area contributed by atoms with Gasteiger partial charge in [0.25, 0.3) is 5.91 Å². The monoisotopic (exact) mass is 488 g/mol. The zero-order valence-corrected chi connectivity index (χ0v) is 18.9. The van der Waals surface area contributed by atoms with Crippen LogP contribution in [0.3, 0.4) is 0 Å². The topological polar surface area (TPSA) is 58.6 Å². The summed E-state index contributed by atoms with van der Waals surface area (Å²) in [6.45, 7) is 2.09. The largest absolute Gasteiger partial charge is 0.381 e. The van der Waals surface area contributed by atoms with E-state index in [9.17, 15) is 14.0 Å². The fraction of sp³-hybridized carbons (Fsp3) is 0.417. The van der Waals surface area contributed by atoms with E-state index in [1.807, 2.05) is 24.3 Å². The number of ether oxygens (including phenoxy) is 1. The van der Waals surface area contributed by atoms with Crippen molar-refractivity contribution in [3.8, 4) is 0 Å². The number of benzene rings is 2. The molecule has 164 valence electrons. The molecule has 2 aromatic rings. The Morgan fingerprint density at radius 1 is 1.03 bits per heavy atom. The van der Waals surface area contributed by atoms with E-state index in [0.29, 0.717) is 52.0 Å². The second-order valence-electron chi connectivity index (χ2n) is 8.22. The highest BCUT2D eigenvalue weighted by Gasteiger charge is 2.42. The first kappa shape index (κ1) is 22.0. The van der Waals surface area contributed by atoms with Gasteiger partial charge < -0.3 is 15.0 Å². The van der Waals surface area contributed by atoms with Gasteiger partial charge in [-0.3, -0.25) is 9.59 Å². The van der Waals surface area contributed by atoms with Gasteiger partial charge in [0.15, 0.2) is 0 Å². The first-order valence-electron chi connectivity index (χ1n) is 10.7. The smallest absolute Gasteiger partial charge is 0.256 e. The van der Waals surface area contributed by atoms with E-state index in [2.05, 4.69) is 21.2 Å². The second-order valence-corrected chi connectivity index (χ2v) is 9.14. The molecule has 0 aromatic heterocycles.